The van der Waals surface area contributed by atoms with E-state index >= 15 is 0 Å². The zero-order valence-corrected chi connectivity index (χ0v) is 27.5. The quantitative estimate of drug-likeness (QED) is 0.329. The summed E-state index contributed by atoms with van der Waals surface area (Å²) in [5.41, 5.74) is 0. The number of hydrogen-bond acceptors (Lipinski definition) is 4. The minimum absolute atomic E-state index is 0.0191. The smallest absolute Gasteiger partial charge is 0.192 e. The molecule has 0 aliphatic carbocycles. The van der Waals surface area contributed by atoms with Gasteiger partial charge in [-0.2, -0.15) is 0 Å². The minimum atomic E-state index is -2.03. The van der Waals surface area contributed by atoms with Gasteiger partial charge in [-0.1, -0.05) is 62.3 Å². The number of hydrogen-bond donors (Lipinski definition) is 0. The summed E-state index contributed by atoms with van der Waals surface area (Å²) in [5, 5.41) is 0.405. The molecule has 0 saturated carbocycles. The summed E-state index contributed by atoms with van der Waals surface area (Å²) in [4.78, 5) is 0. The zero-order valence-electron chi connectivity index (χ0n) is 24.5. The molecule has 0 N–H and O–H groups in total. The molecule has 1 saturated heterocycles. The van der Waals surface area contributed by atoms with E-state index in [2.05, 4.69) is 115 Å². The minimum Gasteiger partial charge on any atom is -0.411 e. The molecule has 32 heavy (non-hydrogen) atoms. The molecule has 4 nitrogen and oxygen atoms in total. The lowest BCUT2D eigenvalue weighted by Crippen LogP contribution is -2.56. The predicted octanol–water partition coefficient (Wildman–Crippen LogP) is 7.96. The van der Waals surface area contributed by atoms with Gasteiger partial charge >= 0.3 is 0 Å². The van der Waals surface area contributed by atoms with Crippen LogP contribution in [0.5, 0.6) is 0 Å². The normalized spacial score (nSPS) is 27.7. The molecule has 1 rings (SSSR count). The third kappa shape index (κ3) is 6.79. The molecule has 192 valence electrons. The highest BCUT2D eigenvalue weighted by atomic mass is 28.4. The second kappa shape index (κ2) is 9.51. The lowest BCUT2D eigenvalue weighted by Gasteiger charge is -2.45. The van der Waals surface area contributed by atoms with E-state index in [1.54, 1.807) is 0 Å². The molecule has 0 spiro atoms. The van der Waals surface area contributed by atoms with Gasteiger partial charge < -0.3 is 18.0 Å². The highest BCUT2D eigenvalue weighted by Gasteiger charge is 2.54. The van der Waals surface area contributed by atoms with Crippen LogP contribution in [0.25, 0.3) is 0 Å². The van der Waals surface area contributed by atoms with E-state index < -0.39 is 25.0 Å². The Labute approximate surface area is 203 Å². The molecule has 1 aliphatic rings. The molecule has 1 heterocycles. The molecule has 0 aromatic carbocycles. The molecule has 1 fully saturated rings. The summed E-state index contributed by atoms with van der Waals surface area (Å²) in [6, 6.07) is 0. The van der Waals surface area contributed by atoms with Crippen molar-refractivity contribution in [2.24, 2.45) is 0 Å². The Morgan fingerprint density at radius 1 is 0.625 bits per heavy atom. The van der Waals surface area contributed by atoms with E-state index in [9.17, 15) is 0 Å². The van der Waals surface area contributed by atoms with Crippen LogP contribution in [0.2, 0.25) is 54.4 Å². The van der Waals surface area contributed by atoms with E-state index in [-0.39, 0.29) is 45.6 Å². The van der Waals surface area contributed by atoms with Crippen LogP contribution in [0.3, 0.4) is 0 Å². The maximum absolute atomic E-state index is 7.09. The van der Waals surface area contributed by atoms with Crippen molar-refractivity contribution < 1.29 is 18.0 Å². The molecule has 7 heteroatoms. The molecular formula is C25H56O4Si3. The van der Waals surface area contributed by atoms with E-state index in [0.29, 0.717) is 0 Å². The van der Waals surface area contributed by atoms with Crippen molar-refractivity contribution in [1.29, 1.82) is 0 Å². The highest BCUT2D eigenvalue weighted by molar-refractivity contribution is 6.75. The average Bonchev–Trinajstić information content (AvgIpc) is 2.79. The summed E-state index contributed by atoms with van der Waals surface area (Å²) in [6.07, 6.45) is -0.362. The van der Waals surface area contributed by atoms with Crippen molar-refractivity contribution in [2.75, 3.05) is 0 Å². The van der Waals surface area contributed by atoms with Gasteiger partial charge in [-0.3, -0.25) is 0 Å². The SMILES string of the molecule is CC(O[Si](C)(C)C(C)(C)C)[C@@H]1O[C@H](C)[C@H](O[Si](C)(C)C(C)(C)C)[C@H]1O[Si](C)(C)C(C)(C)C. The molecule has 0 aromatic rings. The Morgan fingerprint density at radius 2 is 0.969 bits per heavy atom. The first-order valence-corrected chi connectivity index (χ1v) is 21.3. The van der Waals surface area contributed by atoms with Crippen molar-refractivity contribution in [3.05, 3.63) is 0 Å². The van der Waals surface area contributed by atoms with E-state index in [1.807, 2.05) is 0 Å². The van der Waals surface area contributed by atoms with E-state index in [4.69, 9.17) is 18.0 Å². The van der Waals surface area contributed by atoms with Crippen LogP contribution in [0.1, 0.15) is 76.2 Å². The van der Waals surface area contributed by atoms with Crippen LogP contribution in [0, 0.1) is 0 Å². The Kier molecular flexibility index (Phi) is 9.07. The molecule has 0 aromatic heterocycles. The van der Waals surface area contributed by atoms with Crippen LogP contribution in [0.15, 0.2) is 0 Å². The van der Waals surface area contributed by atoms with Crippen molar-refractivity contribution in [3.8, 4) is 0 Å². The lowest BCUT2D eigenvalue weighted by molar-refractivity contribution is -0.0464. The largest absolute Gasteiger partial charge is 0.411 e. The standard InChI is InChI=1S/C25H56O4Si3/c1-18-21(28-31(14,15)24(6,7)8)22(29-32(16,17)25(9,10)11)20(26-18)19(2)27-30(12,13)23(3,4)5/h18-22H,1-17H3/t18-,19?,20+,21+,22+/m1/s1. The predicted molar refractivity (Wildman–Crippen MR) is 146 cm³/mol. The van der Waals surface area contributed by atoms with Gasteiger partial charge in [-0.05, 0) is 68.2 Å². The zero-order chi connectivity index (χ0) is 25.7. The fourth-order valence-corrected chi connectivity index (χ4v) is 7.35. The van der Waals surface area contributed by atoms with Crippen molar-refractivity contribution in [1.82, 2.24) is 0 Å². The van der Waals surface area contributed by atoms with Crippen LogP contribution in [0.4, 0.5) is 0 Å². The Balaban J connectivity index is 3.34. The maximum Gasteiger partial charge on any atom is 0.192 e. The first-order chi connectivity index (χ1) is 13.8. The molecule has 0 amide bonds. The van der Waals surface area contributed by atoms with E-state index in [1.165, 1.54) is 0 Å². The van der Waals surface area contributed by atoms with Crippen molar-refractivity contribution in [2.45, 2.75) is 161 Å². The second-order valence-corrected chi connectivity index (χ2v) is 28.8. The molecule has 0 radical (unpaired) electrons. The fraction of sp³-hybridized carbons (Fsp3) is 1.00. The Hall–Kier alpha value is 0.491. The van der Waals surface area contributed by atoms with Gasteiger partial charge in [0.2, 0.25) is 0 Å². The highest BCUT2D eigenvalue weighted by Crippen LogP contribution is 2.45. The first kappa shape index (κ1) is 30.5. The molecule has 1 aliphatic heterocycles. The van der Waals surface area contributed by atoms with Gasteiger partial charge in [0.15, 0.2) is 25.0 Å². The van der Waals surface area contributed by atoms with Crippen LogP contribution >= 0.6 is 0 Å². The van der Waals surface area contributed by atoms with Gasteiger partial charge in [0, 0.05) is 0 Å². The van der Waals surface area contributed by atoms with Crippen molar-refractivity contribution in [3.63, 3.8) is 0 Å². The second-order valence-electron chi connectivity index (χ2n) is 14.6. The molecule has 5 atom stereocenters. The number of rotatable bonds is 7. The van der Waals surface area contributed by atoms with E-state index in [0.717, 1.165) is 0 Å². The molecular weight excluding hydrogens is 449 g/mol. The molecule has 0 bridgehead atoms. The lowest BCUT2D eigenvalue weighted by atomic mass is 10.1. The average molecular weight is 505 g/mol. The summed E-state index contributed by atoms with van der Waals surface area (Å²) in [5.74, 6) is 0. The molecule has 1 unspecified atom stereocenters. The third-order valence-electron chi connectivity index (χ3n) is 8.71. The Morgan fingerprint density at radius 3 is 1.31 bits per heavy atom. The van der Waals surface area contributed by atoms with Gasteiger partial charge in [0.25, 0.3) is 0 Å². The van der Waals surface area contributed by atoms with Gasteiger partial charge in [0.1, 0.15) is 12.2 Å². The third-order valence-corrected chi connectivity index (χ3v) is 22.2. The monoisotopic (exact) mass is 504 g/mol. The summed E-state index contributed by atoms with van der Waals surface area (Å²) in [7, 11) is -5.96. The van der Waals surface area contributed by atoms with Crippen LogP contribution in [-0.2, 0) is 18.0 Å². The summed E-state index contributed by atoms with van der Waals surface area (Å²) >= 11 is 0. The van der Waals surface area contributed by atoms with Gasteiger partial charge in [-0.25, -0.2) is 0 Å². The van der Waals surface area contributed by atoms with Gasteiger partial charge in [0.05, 0.1) is 18.3 Å². The first-order valence-electron chi connectivity index (χ1n) is 12.5. The van der Waals surface area contributed by atoms with Gasteiger partial charge in [-0.15, -0.1) is 0 Å². The summed E-state index contributed by atoms with van der Waals surface area (Å²) in [6.45, 7) is 38.9. The fourth-order valence-electron chi connectivity index (χ4n) is 3.27. The van der Waals surface area contributed by atoms with Crippen LogP contribution in [-0.4, -0.2) is 55.5 Å². The number of ether oxygens (including phenoxy) is 1. The maximum atomic E-state index is 7.09. The van der Waals surface area contributed by atoms with Crippen LogP contribution < -0.4 is 0 Å². The Bertz CT molecular complexity index is 627. The van der Waals surface area contributed by atoms with Crippen molar-refractivity contribution >= 4 is 25.0 Å². The topological polar surface area (TPSA) is 36.9 Å². The summed E-state index contributed by atoms with van der Waals surface area (Å²) < 4.78 is 27.5.